The van der Waals surface area contributed by atoms with E-state index in [9.17, 15) is 0 Å². The van der Waals surface area contributed by atoms with Crippen molar-refractivity contribution in [1.82, 2.24) is 0 Å². The second-order valence-corrected chi connectivity index (χ2v) is 4.33. The first-order valence-electron chi connectivity index (χ1n) is 5.44. The first-order chi connectivity index (χ1) is 6.75. The highest BCUT2D eigenvalue weighted by Crippen LogP contribution is 2.27. The van der Waals surface area contributed by atoms with Crippen LogP contribution in [0.3, 0.4) is 0 Å². The van der Waals surface area contributed by atoms with Crippen LogP contribution >= 0.6 is 0 Å². The Bertz CT molecular complexity index is 281. The van der Waals surface area contributed by atoms with Crippen molar-refractivity contribution in [3.63, 3.8) is 0 Å². The molecule has 0 radical (unpaired) electrons. The molecule has 0 bridgehead atoms. The Hall–Kier alpha value is -0.820. The van der Waals surface area contributed by atoms with Crippen molar-refractivity contribution in [2.75, 3.05) is 6.61 Å². The van der Waals surface area contributed by atoms with Gasteiger partial charge in [0.15, 0.2) is 0 Å². The summed E-state index contributed by atoms with van der Waals surface area (Å²) in [6, 6.07) is 8.85. The molecule has 1 fully saturated rings. The van der Waals surface area contributed by atoms with E-state index in [4.69, 9.17) is 4.74 Å². The Morgan fingerprint density at radius 1 is 1.14 bits per heavy atom. The lowest BCUT2D eigenvalue weighted by Crippen LogP contribution is -2.22. The van der Waals surface area contributed by atoms with E-state index < -0.39 is 0 Å². The maximum Gasteiger partial charge on any atom is 0.0547 e. The molecule has 0 saturated carbocycles. The van der Waals surface area contributed by atoms with E-state index in [0.29, 0.717) is 12.0 Å². The Labute approximate surface area is 86.1 Å². The van der Waals surface area contributed by atoms with Gasteiger partial charge in [0, 0.05) is 5.92 Å². The van der Waals surface area contributed by atoms with Crippen molar-refractivity contribution < 1.29 is 4.74 Å². The lowest BCUT2D eigenvalue weighted by atomic mass is 9.91. The quantitative estimate of drug-likeness (QED) is 0.660. The molecule has 14 heavy (non-hydrogen) atoms. The molecule has 1 heterocycles. The molecule has 0 aliphatic carbocycles. The lowest BCUT2D eigenvalue weighted by molar-refractivity contribution is 0.0155. The zero-order valence-corrected chi connectivity index (χ0v) is 8.99. The Morgan fingerprint density at radius 3 is 2.43 bits per heavy atom. The standard InChI is InChI=1S/C13H18O/c1-10-3-6-12(7-4-10)13-8-5-11(2)14-9-13/h3-4,6-7,11,13H,5,8-9H2,1-2H3. The van der Waals surface area contributed by atoms with Crippen LogP contribution in [0.15, 0.2) is 24.3 Å². The fraction of sp³-hybridized carbons (Fsp3) is 0.538. The summed E-state index contributed by atoms with van der Waals surface area (Å²) in [5.74, 6) is 0.617. The molecule has 2 atom stereocenters. The molecule has 2 unspecified atom stereocenters. The van der Waals surface area contributed by atoms with Crippen molar-refractivity contribution >= 4 is 0 Å². The molecule has 1 heteroatoms. The highest BCUT2D eigenvalue weighted by Gasteiger charge is 2.19. The largest absolute Gasteiger partial charge is 0.378 e. The molecule has 1 aliphatic heterocycles. The zero-order chi connectivity index (χ0) is 9.97. The van der Waals surface area contributed by atoms with Crippen LogP contribution in [-0.2, 0) is 4.74 Å². The molecule has 1 saturated heterocycles. The van der Waals surface area contributed by atoms with Crippen molar-refractivity contribution in [1.29, 1.82) is 0 Å². The van der Waals surface area contributed by atoms with Crippen molar-refractivity contribution in [2.24, 2.45) is 0 Å². The fourth-order valence-corrected chi connectivity index (χ4v) is 1.98. The summed E-state index contributed by atoms with van der Waals surface area (Å²) in [6.07, 6.45) is 2.92. The topological polar surface area (TPSA) is 9.23 Å². The zero-order valence-electron chi connectivity index (χ0n) is 8.99. The summed E-state index contributed by atoms with van der Waals surface area (Å²) < 4.78 is 5.68. The number of hydrogen-bond acceptors (Lipinski definition) is 1. The third-order valence-corrected chi connectivity index (χ3v) is 3.05. The normalized spacial score (nSPS) is 27.6. The van der Waals surface area contributed by atoms with Gasteiger partial charge in [-0.15, -0.1) is 0 Å². The van der Waals surface area contributed by atoms with Gasteiger partial charge in [-0.1, -0.05) is 29.8 Å². The number of ether oxygens (including phenoxy) is 1. The predicted molar refractivity (Wildman–Crippen MR) is 58.6 cm³/mol. The van der Waals surface area contributed by atoms with Crippen molar-refractivity contribution in [2.45, 2.75) is 38.7 Å². The molecular formula is C13H18O. The van der Waals surface area contributed by atoms with Crippen LogP contribution in [0.4, 0.5) is 0 Å². The Kier molecular flexibility index (Phi) is 2.87. The molecule has 2 rings (SSSR count). The number of hydrogen-bond donors (Lipinski definition) is 0. The highest BCUT2D eigenvalue weighted by atomic mass is 16.5. The average Bonchev–Trinajstić information content (AvgIpc) is 2.21. The summed E-state index contributed by atoms with van der Waals surface area (Å²) >= 11 is 0. The number of aryl methyl sites for hydroxylation is 1. The summed E-state index contributed by atoms with van der Waals surface area (Å²) in [5.41, 5.74) is 2.77. The molecule has 0 N–H and O–H groups in total. The molecule has 1 aromatic carbocycles. The van der Waals surface area contributed by atoms with Crippen LogP contribution in [0.5, 0.6) is 0 Å². The van der Waals surface area contributed by atoms with Gasteiger partial charge in [0.25, 0.3) is 0 Å². The minimum absolute atomic E-state index is 0.455. The molecule has 0 aromatic heterocycles. The van der Waals surface area contributed by atoms with Crippen LogP contribution < -0.4 is 0 Å². The molecular weight excluding hydrogens is 172 g/mol. The first kappa shape index (κ1) is 9.72. The highest BCUT2D eigenvalue weighted by molar-refractivity contribution is 5.24. The van der Waals surface area contributed by atoms with Crippen LogP contribution in [0.25, 0.3) is 0 Å². The van der Waals surface area contributed by atoms with Gasteiger partial charge in [-0.2, -0.15) is 0 Å². The van der Waals surface area contributed by atoms with Gasteiger partial charge in [0.1, 0.15) is 0 Å². The SMILES string of the molecule is Cc1ccc(C2CCC(C)OC2)cc1. The van der Waals surface area contributed by atoms with Gasteiger partial charge >= 0.3 is 0 Å². The van der Waals surface area contributed by atoms with Gasteiger partial charge in [-0.05, 0) is 32.3 Å². The Balaban J connectivity index is 2.05. The fourth-order valence-electron chi connectivity index (χ4n) is 1.98. The minimum Gasteiger partial charge on any atom is -0.378 e. The molecule has 1 aliphatic rings. The van der Waals surface area contributed by atoms with Gasteiger partial charge in [-0.3, -0.25) is 0 Å². The van der Waals surface area contributed by atoms with Gasteiger partial charge in [0.05, 0.1) is 12.7 Å². The number of benzene rings is 1. The van der Waals surface area contributed by atoms with E-state index in [2.05, 4.69) is 38.1 Å². The second-order valence-electron chi connectivity index (χ2n) is 4.33. The van der Waals surface area contributed by atoms with E-state index in [1.807, 2.05) is 0 Å². The summed E-state index contributed by atoms with van der Waals surface area (Å²) in [5, 5.41) is 0. The van der Waals surface area contributed by atoms with E-state index in [-0.39, 0.29) is 0 Å². The van der Waals surface area contributed by atoms with Crippen molar-refractivity contribution in [3.05, 3.63) is 35.4 Å². The van der Waals surface area contributed by atoms with Crippen LogP contribution in [0.2, 0.25) is 0 Å². The number of rotatable bonds is 1. The van der Waals surface area contributed by atoms with Crippen LogP contribution in [-0.4, -0.2) is 12.7 Å². The van der Waals surface area contributed by atoms with Gasteiger partial charge in [-0.25, -0.2) is 0 Å². The van der Waals surface area contributed by atoms with Gasteiger partial charge in [0.2, 0.25) is 0 Å². The van der Waals surface area contributed by atoms with Crippen LogP contribution in [0.1, 0.15) is 36.8 Å². The molecule has 1 aromatic rings. The van der Waals surface area contributed by atoms with E-state index >= 15 is 0 Å². The monoisotopic (exact) mass is 190 g/mol. The third-order valence-electron chi connectivity index (χ3n) is 3.05. The third kappa shape index (κ3) is 2.16. The second kappa shape index (κ2) is 4.14. The molecule has 1 nitrogen and oxygen atoms in total. The average molecular weight is 190 g/mol. The first-order valence-corrected chi connectivity index (χ1v) is 5.44. The van der Waals surface area contributed by atoms with Crippen molar-refractivity contribution in [3.8, 4) is 0 Å². The smallest absolute Gasteiger partial charge is 0.0547 e. The molecule has 76 valence electrons. The van der Waals surface area contributed by atoms with Crippen LogP contribution in [0, 0.1) is 6.92 Å². The summed E-state index contributed by atoms with van der Waals surface area (Å²) in [7, 11) is 0. The van der Waals surface area contributed by atoms with E-state index in [1.54, 1.807) is 0 Å². The maximum absolute atomic E-state index is 5.68. The molecule has 0 spiro atoms. The van der Waals surface area contributed by atoms with Gasteiger partial charge < -0.3 is 4.74 Å². The van der Waals surface area contributed by atoms with E-state index in [0.717, 1.165) is 6.61 Å². The minimum atomic E-state index is 0.455. The summed E-state index contributed by atoms with van der Waals surface area (Å²) in [4.78, 5) is 0. The maximum atomic E-state index is 5.68. The molecule has 0 amide bonds. The predicted octanol–water partition coefficient (Wildman–Crippen LogP) is 3.28. The van der Waals surface area contributed by atoms with E-state index in [1.165, 1.54) is 24.0 Å². The Morgan fingerprint density at radius 2 is 1.86 bits per heavy atom. The summed E-state index contributed by atoms with van der Waals surface area (Å²) in [6.45, 7) is 5.18. The lowest BCUT2D eigenvalue weighted by Gasteiger charge is -2.27.